The van der Waals surface area contributed by atoms with Gasteiger partial charge in [0.15, 0.2) is 5.92 Å². The van der Waals surface area contributed by atoms with Gasteiger partial charge in [0.2, 0.25) is 0 Å². The molecule has 0 aliphatic carbocycles. The van der Waals surface area contributed by atoms with E-state index in [9.17, 15) is 30.7 Å². The molecule has 0 amide bonds. The summed E-state index contributed by atoms with van der Waals surface area (Å²) in [7, 11) is 0. The normalized spacial score (nSPS) is 16.2. The van der Waals surface area contributed by atoms with Crippen LogP contribution in [0.25, 0.3) is 0 Å². The van der Waals surface area contributed by atoms with Gasteiger partial charge in [0.05, 0.1) is 12.7 Å². The van der Waals surface area contributed by atoms with Crippen molar-refractivity contribution in [1.29, 1.82) is 0 Å². The maximum absolute atomic E-state index is 13.0. The topological polar surface area (TPSA) is 15.3 Å². The molecular weight excluding hydrogens is 469 g/mol. The molecule has 1 aliphatic rings. The molecule has 178 valence electrons. The van der Waals surface area contributed by atoms with Crippen molar-refractivity contribution in [3.63, 3.8) is 0 Å². The van der Waals surface area contributed by atoms with Gasteiger partial charge in [0.1, 0.15) is 0 Å². The van der Waals surface area contributed by atoms with Crippen molar-refractivity contribution in [3.05, 3.63) is 83.7 Å². The van der Waals surface area contributed by atoms with Crippen molar-refractivity contribution >= 4 is 18.3 Å². The highest BCUT2D eigenvalue weighted by atomic mass is 32.1. The molecule has 0 spiro atoms. The summed E-state index contributed by atoms with van der Waals surface area (Å²) in [5.74, 6) is -3.57. The lowest BCUT2D eigenvalue weighted by atomic mass is 9.97. The fraction of sp³-hybridized carbons (Fsp3) is 0.304. The van der Waals surface area contributed by atoms with Gasteiger partial charge in [-0.1, -0.05) is 31.4 Å². The Morgan fingerprint density at radius 2 is 1.64 bits per heavy atom. The number of anilines is 1. The molecule has 1 atom stereocenters. The Morgan fingerprint density at radius 3 is 2.18 bits per heavy atom. The molecule has 0 fully saturated rings. The van der Waals surface area contributed by atoms with Gasteiger partial charge in [-0.3, -0.25) is 4.39 Å². The van der Waals surface area contributed by atoms with E-state index in [0.29, 0.717) is 17.9 Å². The molecule has 0 bridgehead atoms. The summed E-state index contributed by atoms with van der Waals surface area (Å²) in [6, 6.07) is 8.89. The first-order valence-electron chi connectivity index (χ1n) is 9.84. The number of hydrogen-bond donors (Lipinski definition) is 2. The van der Waals surface area contributed by atoms with Crippen LogP contribution in [0, 0.1) is 0 Å². The fourth-order valence-electron chi connectivity index (χ4n) is 3.94. The molecule has 2 nitrogen and oxygen atoms in total. The summed E-state index contributed by atoms with van der Waals surface area (Å²) in [6.07, 6.45) is -10.8. The number of allylic oxidation sites excluding steroid dienone is 1. The second-order valence-electron chi connectivity index (χ2n) is 7.71. The van der Waals surface area contributed by atoms with Crippen LogP contribution in [0.4, 0.5) is 36.4 Å². The van der Waals surface area contributed by atoms with Crippen LogP contribution >= 0.6 is 12.6 Å². The zero-order valence-corrected chi connectivity index (χ0v) is 18.2. The van der Waals surface area contributed by atoms with Crippen molar-refractivity contribution in [2.45, 2.75) is 42.2 Å². The van der Waals surface area contributed by atoms with E-state index in [0.717, 1.165) is 40.3 Å². The molecule has 0 aromatic heterocycles. The third-order valence-electron chi connectivity index (χ3n) is 5.40. The zero-order valence-electron chi connectivity index (χ0n) is 17.3. The molecule has 3 rings (SSSR count). The number of nitrogens with one attached hydrogen (secondary N) is 1. The largest absolute Gasteiger partial charge is 0.404 e. The highest BCUT2D eigenvalue weighted by Crippen LogP contribution is 2.47. The average molecular weight is 490 g/mol. The Labute approximate surface area is 192 Å². The number of rotatable bonds is 7. The molecule has 0 saturated carbocycles. The number of nitrogens with zero attached hydrogens (tertiary/aromatic N) is 1. The molecule has 1 aliphatic heterocycles. The van der Waals surface area contributed by atoms with Crippen LogP contribution in [0.1, 0.15) is 35.1 Å². The monoisotopic (exact) mass is 490 g/mol. The summed E-state index contributed by atoms with van der Waals surface area (Å²) in [5, 5.41) is 2.96. The van der Waals surface area contributed by atoms with Crippen molar-refractivity contribution in [1.82, 2.24) is 4.90 Å². The second kappa shape index (κ2) is 9.32. The maximum Gasteiger partial charge on any atom is 0.404 e. The van der Waals surface area contributed by atoms with Gasteiger partial charge in [-0.2, -0.15) is 26.3 Å². The quantitative estimate of drug-likeness (QED) is 0.308. The first kappa shape index (κ1) is 25.0. The molecular formula is C23H21F7N2S. The van der Waals surface area contributed by atoms with E-state index in [1.807, 2.05) is 17.0 Å². The van der Waals surface area contributed by atoms with E-state index in [-0.39, 0.29) is 12.1 Å². The zero-order chi connectivity index (χ0) is 24.6. The van der Waals surface area contributed by atoms with Crippen molar-refractivity contribution in [2.24, 2.45) is 0 Å². The molecule has 10 heteroatoms. The average Bonchev–Trinajstić information content (AvgIpc) is 3.06. The van der Waals surface area contributed by atoms with Crippen molar-refractivity contribution in [3.8, 4) is 0 Å². The highest BCUT2D eigenvalue weighted by Gasteiger charge is 2.57. The number of benzene rings is 2. The minimum absolute atomic E-state index is 0.108. The number of halogens is 7. The van der Waals surface area contributed by atoms with E-state index in [1.165, 1.54) is 0 Å². The first-order valence-corrected chi connectivity index (χ1v) is 10.3. The van der Waals surface area contributed by atoms with Gasteiger partial charge in [-0.25, -0.2) is 0 Å². The van der Waals surface area contributed by atoms with Gasteiger partial charge in [0.25, 0.3) is 0 Å². The van der Waals surface area contributed by atoms with Gasteiger partial charge in [-0.15, -0.1) is 12.6 Å². The lowest BCUT2D eigenvalue weighted by Gasteiger charge is -2.31. The Balaban J connectivity index is 1.86. The summed E-state index contributed by atoms with van der Waals surface area (Å²) < 4.78 is 90.8. The standard InChI is InChI=1S/C23H21F7N2S/c1-13(9-10-24)32-12-16-11-18(33)7-8-19(16)20(32)14(2)31-17-5-3-15(4-6-17)21(22(25,26)27)23(28,29)30/h3-8,11,20-21,31,33H,1-2,9-10,12H2. The Kier molecular flexibility index (Phi) is 7.07. The Bertz CT molecular complexity index is 1010. The molecule has 33 heavy (non-hydrogen) atoms. The van der Waals surface area contributed by atoms with Crippen LogP contribution < -0.4 is 5.32 Å². The van der Waals surface area contributed by atoms with Gasteiger partial charge >= 0.3 is 12.4 Å². The van der Waals surface area contributed by atoms with Crippen molar-refractivity contribution < 1.29 is 30.7 Å². The number of fused-ring (bicyclic) bond motifs is 1. The lowest BCUT2D eigenvalue weighted by molar-refractivity contribution is -0.253. The van der Waals surface area contributed by atoms with Crippen LogP contribution in [-0.2, 0) is 6.54 Å². The van der Waals surface area contributed by atoms with E-state index in [4.69, 9.17) is 0 Å². The second-order valence-corrected chi connectivity index (χ2v) is 8.22. The van der Waals surface area contributed by atoms with E-state index < -0.39 is 36.6 Å². The number of alkyl halides is 7. The molecule has 0 saturated heterocycles. The maximum atomic E-state index is 13.0. The molecule has 1 unspecified atom stereocenters. The molecule has 2 aromatic rings. The van der Waals surface area contributed by atoms with E-state index in [1.54, 1.807) is 6.07 Å². The number of hydrogen-bond acceptors (Lipinski definition) is 3. The molecule has 1 N–H and O–H groups in total. The highest BCUT2D eigenvalue weighted by molar-refractivity contribution is 7.80. The fourth-order valence-corrected chi connectivity index (χ4v) is 4.17. The summed E-state index contributed by atoms with van der Waals surface area (Å²) in [6.45, 7) is 7.78. The predicted octanol–water partition coefficient (Wildman–Crippen LogP) is 7.54. The van der Waals surface area contributed by atoms with Gasteiger partial charge in [-0.05, 0) is 41.0 Å². The van der Waals surface area contributed by atoms with Gasteiger partial charge in [0, 0.05) is 34.9 Å². The molecule has 2 aromatic carbocycles. The minimum Gasteiger partial charge on any atom is -0.358 e. The van der Waals surface area contributed by atoms with E-state index in [2.05, 4.69) is 31.1 Å². The molecule has 1 heterocycles. The third-order valence-corrected chi connectivity index (χ3v) is 5.67. The molecule has 0 radical (unpaired) electrons. The van der Waals surface area contributed by atoms with Crippen LogP contribution in [0.2, 0.25) is 0 Å². The van der Waals surface area contributed by atoms with Gasteiger partial charge < -0.3 is 10.2 Å². The van der Waals surface area contributed by atoms with Crippen LogP contribution in [0.3, 0.4) is 0 Å². The Morgan fingerprint density at radius 1 is 1.03 bits per heavy atom. The SMILES string of the molecule is C=C(Nc1ccc(C(C(F)(F)F)C(F)(F)F)cc1)C1c2ccc(S)cc2CN1C(=C)CCF. The van der Waals surface area contributed by atoms with Crippen LogP contribution in [0.15, 0.2) is 71.9 Å². The first-order chi connectivity index (χ1) is 15.3. The third kappa shape index (κ3) is 5.48. The van der Waals surface area contributed by atoms with E-state index >= 15 is 0 Å². The lowest BCUT2D eigenvalue weighted by Crippen LogP contribution is -2.34. The summed E-state index contributed by atoms with van der Waals surface area (Å²) in [4.78, 5) is 2.59. The van der Waals surface area contributed by atoms with Crippen LogP contribution in [-0.4, -0.2) is 23.9 Å². The minimum atomic E-state index is -5.46. The van der Waals surface area contributed by atoms with Crippen LogP contribution in [0.5, 0.6) is 0 Å². The summed E-state index contributed by atoms with van der Waals surface area (Å²) in [5.41, 5.74) is 2.12. The predicted molar refractivity (Wildman–Crippen MR) is 116 cm³/mol. The Hall–Kier alpha value is -2.62. The summed E-state index contributed by atoms with van der Waals surface area (Å²) >= 11 is 4.33. The number of thiol groups is 1. The smallest absolute Gasteiger partial charge is 0.358 e. The van der Waals surface area contributed by atoms with Crippen molar-refractivity contribution in [2.75, 3.05) is 12.0 Å².